The summed E-state index contributed by atoms with van der Waals surface area (Å²) >= 11 is 0. The topological polar surface area (TPSA) is 168 Å². The first-order chi connectivity index (χ1) is 32.5. The van der Waals surface area contributed by atoms with Gasteiger partial charge in [-0.25, -0.2) is 19.4 Å². The lowest BCUT2D eigenvalue weighted by molar-refractivity contribution is -0.125. The highest BCUT2D eigenvalue weighted by Gasteiger charge is 2.41. The van der Waals surface area contributed by atoms with E-state index in [1.54, 1.807) is 85.8 Å². The first-order valence-corrected chi connectivity index (χ1v) is 24.3. The second kappa shape index (κ2) is 23.2. The largest absolute Gasteiger partial charge is 0.530 e. The Morgan fingerprint density at radius 1 is 0.493 bits per heavy atom. The number of amides is 1. The van der Waals surface area contributed by atoms with E-state index in [9.17, 15) is 19.0 Å². The van der Waals surface area contributed by atoms with Crippen molar-refractivity contribution in [1.82, 2.24) is 10.9 Å². The Hall–Kier alpha value is -6.66. The average molecular weight is 941 g/mol. The molecule has 1 amide bonds. The summed E-state index contributed by atoms with van der Waals surface area (Å²) in [7, 11) is -9.19. The van der Waals surface area contributed by atoms with Gasteiger partial charge in [-0.15, -0.1) is 0 Å². The molecular weight excluding hydrogens is 891 g/mol. The number of phosphoric acid groups is 2. The molecule has 0 heterocycles. The van der Waals surface area contributed by atoms with Crippen LogP contribution in [0.15, 0.2) is 200 Å². The van der Waals surface area contributed by atoms with Crippen molar-refractivity contribution in [2.75, 3.05) is 0 Å². The van der Waals surface area contributed by atoms with Crippen molar-refractivity contribution >= 4 is 27.5 Å². The highest BCUT2D eigenvalue weighted by atomic mass is 31.2. The Kier molecular flexibility index (Phi) is 16.7. The second-order valence-corrected chi connectivity index (χ2v) is 18.8. The molecule has 0 bridgehead atoms. The van der Waals surface area contributed by atoms with Gasteiger partial charge in [-0.3, -0.25) is 28.3 Å². The SMILES string of the molecule is C[C@@](Cc1ccc(OP(=O)(OCc2ccccc2)OCc2ccccc2)c(OP(=O)(OCc2ccccc2)OCc2ccccc2)c1)(NNC(=O)O)C(=O)C(c1ccccc1)c1ccccc1. The number of rotatable bonds is 24. The van der Waals surface area contributed by atoms with E-state index in [0.717, 1.165) is 0 Å². The van der Waals surface area contributed by atoms with Gasteiger partial charge < -0.3 is 14.2 Å². The molecule has 0 aliphatic carbocycles. The summed E-state index contributed by atoms with van der Waals surface area (Å²) in [5.41, 5.74) is 7.78. The molecular formula is C52H50N2O11P2. The van der Waals surface area contributed by atoms with Crippen LogP contribution in [0.1, 0.15) is 51.8 Å². The fraction of sp³-hybridized carbons (Fsp3) is 0.154. The molecule has 0 fully saturated rings. The molecule has 3 N–H and O–H groups in total. The number of hydrogen-bond donors (Lipinski definition) is 3. The molecule has 7 rings (SSSR count). The number of benzene rings is 7. The summed E-state index contributed by atoms with van der Waals surface area (Å²) in [6.07, 6.45) is -1.58. The number of hydrazine groups is 1. The van der Waals surface area contributed by atoms with Crippen LogP contribution < -0.4 is 19.9 Å². The van der Waals surface area contributed by atoms with Crippen LogP contribution >= 0.6 is 15.6 Å². The predicted octanol–water partition coefficient (Wildman–Crippen LogP) is 12.0. The molecule has 0 aliphatic heterocycles. The molecule has 0 aliphatic rings. The van der Waals surface area contributed by atoms with E-state index in [0.29, 0.717) is 38.9 Å². The van der Waals surface area contributed by atoms with E-state index in [1.165, 1.54) is 12.1 Å². The number of Topliss-reactive ketones (excluding diaryl/α,β-unsaturated/α-hetero) is 1. The fourth-order valence-corrected chi connectivity index (χ4v) is 9.40. The fourth-order valence-electron chi connectivity index (χ4n) is 7.04. The lowest BCUT2D eigenvalue weighted by atomic mass is 9.77. The normalized spacial score (nSPS) is 12.5. The zero-order valence-electron chi connectivity index (χ0n) is 36.6. The van der Waals surface area contributed by atoms with Gasteiger partial charge in [-0.2, -0.15) is 0 Å². The molecule has 15 heteroatoms. The summed E-state index contributed by atoms with van der Waals surface area (Å²) in [4.78, 5) is 27.1. The average Bonchev–Trinajstić information content (AvgIpc) is 3.36. The maximum atomic E-state index is 15.1. The van der Waals surface area contributed by atoms with Crippen LogP contribution in [0, 0.1) is 0 Å². The molecule has 344 valence electrons. The molecule has 7 aromatic carbocycles. The lowest BCUT2D eigenvalue weighted by Crippen LogP contribution is -2.59. The molecule has 7 aromatic rings. The first-order valence-electron chi connectivity index (χ1n) is 21.3. The van der Waals surface area contributed by atoms with E-state index >= 15 is 4.79 Å². The number of ketones is 1. The third-order valence-electron chi connectivity index (χ3n) is 10.4. The summed E-state index contributed by atoms with van der Waals surface area (Å²) in [6, 6.07) is 58.9. The Bertz CT molecular complexity index is 2620. The monoisotopic (exact) mass is 940 g/mol. The smallest absolute Gasteiger partial charge is 0.464 e. The van der Waals surface area contributed by atoms with Gasteiger partial charge in [0.15, 0.2) is 17.3 Å². The van der Waals surface area contributed by atoms with Crippen LogP contribution in [0.3, 0.4) is 0 Å². The van der Waals surface area contributed by atoms with E-state index in [4.69, 9.17) is 27.1 Å². The summed E-state index contributed by atoms with van der Waals surface area (Å²) in [5, 5.41) is 9.78. The van der Waals surface area contributed by atoms with Gasteiger partial charge in [0.2, 0.25) is 0 Å². The molecule has 67 heavy (non-hydrogen) atoms. The summed E-state index contributed by atoms with van der Waals surface area (Å²) in [5.74, 6) is -1.70. The highest BCUT2D eigenvalue weighted by Crippen LogP contribution is 2.57. The number of carboxylic acid groups (broad SMARTS) is 1. The summed E-state index contributed by atoms with van der Waals surface area (Å²) in [6.45, 7) is 0.896. The zero-order chi connectivity index (χ0) is 47.0. The van der Waals surface area contributed by atoms with Gasteiger partial charge in [-0.05, 0) is 64.4 Å². The summed E-state index contributed by atoms with van der Waals surface area (Å²) < 4.78 is 66.1. The van der Waals surface area contributed by atoms with Crippen LogP contribution in [-0.2, 0) is 64.9 Å². The molecule has 0 saturated carbocycles. The second-order valence-electron chi connectivity index (χ2n) is 15.6. The van der Waals surface area contributed by atoms with Gasteiger partial charge in [0.05, 0.1) is 37.9 Å². The van der Waals surface area contributed by atoms with Crippen LogP contribution in [0.4, 0.5) is 4.79 Å². The molecule has 0 spiro atoms. The maximum Gasteiger partial charge on any atom is 0.530 e. The van der Waals surface area contributed by atoms with Crippen LogP contribution in [0.5, 0.6) is 11.5 Å². The third kappa shape index (κ3) is 14.2. The number of carbonyl (C=O) groups is 2. The van der Waals surface area contributed by atoms with Gasteiger partial charge in [0.25, 0.3) is 0 Å². The van der Waals surface area contributed by atoms with Crippen LogP contribution in [-0.4, -0.2) is 22.5 Å². The van der Waals surface area contributed by atoms with Crippen molar-refractivity contribution < 1.29 is 51.0 Å². The van der Waals surface area contributed by atoms with Gasteiger partial charge in [0.1, 0.15) is 0 Å². The minimum absolute atomic E-state index is 0.160. The number of nitrogens with one attached hydrogen (secondary N) is 2. The molecule has 1 atom stereocenters. The van der Waals surface area contributed by atoms with Crippen molar-refractivity contribution in [3.63, 3.8) is 0 Å². The minimum Gasteiger partial charge on any atom is -0.464 e. The van der Waals surface area contributed by atoms with Crippen molar-refractivity contribution in [1.29, 1.82) is 0 Å². The molecule has 0 radical (unpaired) electrons. The lowest BCUT2D eigenvalue weighted by Gasteiger charge is -2.33. The Labute approximate surface area is 389 Å². The number of phosphoric ester groups is 2. The van der Waals surface area contributed by atoms with E-state index in [2.05, 4.69) is 10.9 Å². The van der Waals surface area contributed by atoms with E-state index in [1.807, 2.05) is 109 Å². The van der Waals surface area contributed by atoms with Crippen LogP contribution in [0.25, 0.3) is 0 Å². The standard InChI is InChI=1S/C52H50N2O11P2/c1-52(54-53-51(56)57,50(55)49(45-28-16-6-17-29-45)46-30-18-7-19-31-46)35-44-32-33-47(64-66(58,60-36-40-20-8-2-9-21-40)61-37-41-22-10-3-11-23-41)48(34-44)65-67(59,62-38-42-24-12-4-13-25-42)63-39-43-26-14-5-15-27-43/h2-34,49,53-54H,35-39H2,1H3,(H,56,57)/t52-/m0/s1. The van der Waals surface area contributed by atoms with E-state index in [-0.39, 0.29) is 50.1 Å². The first kappa shape index (κ1) is 48.3. The van der Waals surface area contributed by atoms with Gasteiger partial charge >= 0.3 is 21.7 Å². The Morgan fingerprint density at radius 3 is 1.19 bits per heavy atom. The zero-order valence-corrected chi connectivity index (χ0v) is 38.4. The molecule has 13 nitrogen and oxygen atoms in total. The number of carbonyl (C=O) groups excluding carboxylic acids is 1. The Morgan fingerprint density at radius 2 is 0.836 bits per heavy atom. The quantitative estimate of drug-likeness (QED) is 0.0388. The van der Waals surface area contributed by atoms with Crippen molar-refractivity contribution in [3.8, 4) is 11.5 Å². The van der Waals surface area contributed by atoms with Crippen molar-refractivity contribution in [2.24, 2.45) is 0 Å². The molecule has 0 unspecified atom stereocenters. The van der Waals surface area contributed by atoms with Crippen molar-refractivity contribution in [2.45, 2.75) is 51.2 Å². The van der Waals surface area contributed by atoms with Gasteiger partial charge in [-0.1, -0.05) is 188 Å². The Balaban J connectivity index is 1.30. The predicted molar refractivity (Wildman–Crippen MR) is 254 cm³/mol. The third-order valence-corrected chi connectivity index (χ3v) is 13.1. The number of hydrogen-bond acceptors (Lipinski definition) is 11. The maximum absolute atomic E-state index is 15.1. The van der Waals surface area contributed by atoms with Crippen molar-refractivity contribution in [3.05, 3.63) is 239 Å². The van der Waals surface area contributed by atoms with Crippen LogP contribution in [0.2, 0.25) is 0 Å². The minimum atomic E-state index is -4.63. The van der Waals surface area contributed by atoms with E-state index < -0.39 is 33.2 Å². The van der Waals surface area contributed by atoms with Gasteiger partial charge in [0, 0.05) is 0 Å². The highest BCUT2D eigenvalue weighted by molar-refractivity contribution is 7.49. The molecule has 0 aromatic heterocycles. The molecule has 0 saturated heterocycles.